The van der Waals surface area contributed by atoms with Crippen LogP contribution in [0.4, 0.5) is 15.9 Å². The standard InChI is InChI=1S/C21H25FN6O/c1-4-17-14(3)25-21-23-12-24-28(21)20(17)27-9-7-15(8-10-27)19(29)26-18-11-16(22)6-5-13(18)2/h5-6,11-12,15H,4,7-10H2,1-3H3,(H,26,29). The molecule has 8 heteroatoms. The van der Waals surface area contributed by atoms with Gasteiger partial charge in [0.1, 0.15) is 18.0 Å². The second-order valence-corrected chi connectivity index (χ2v) is 7.53. The maximum absolute atomic E-state index is 13.5. The highest BCUT2D eigenvalue weighted by atomic mass is 19.1. The number of nitrogens with one attached hydrogen (secondary N) is 1. The molecular formula is C21H25FN6O. The molecule has 3 aromatic rings. The highest BCUT2D eigenvalue weighted by molar-refractivity contribution is 5.93. The number of rotatable bonds is 4. The molecule has 2 aromatic heterocycles. The van der Waals surface area contributed by atoms with Gasteiger partial charge in [0.25, 0.3) is 5.78 Å². The van der Waals surface area contributed by atoms with Crippen molar-refractivity contribution in [1.82, 2.24) is 19.6 Å². The van der Waals surface area contributed by atoms with Gasteiger partial charge < -0.3 is 10.2 Å². The minimum atomic E-state index is -0.349. The summed E-state index contributed by atoms with van der Waals surface area (Å²) in [7, 11) is 0. The van der Waals surface area contributed by atoms with Crippen molar-refractivity contribution in [2.75, 3.05) is 23.3 Å². The highest BCUT2D eigenvalue weighted by Gasteiger charge is 2.28. The average Bonchev–Trinajstić information content (AvgIpc) is 3.17. The van der Waals surface area contributed by atoms with Gasteiger partial charge in [0, 0.05) is 36.0 Å². The zero-order valence-electron chi connectivity index (χ0n) is 16.9. The van der Waals surface area contributed by atoms with Crippen LogP contribution in [0.2, 0.25) is 0 Å². The molecule has 7 nitrogen and oxygen atoms in total. The van der Waals surface area contributed by atoms with Gasteiger partial charge in [0.2, 0.25) is 5.91 Å². The minimum Gasteiger partial charge on any atom is -0.356 e. The Hall–Kier alpha value is -3.03. The molecule has 29 heavy (non-hydrogen) atoms. The molecule has 0 saturated carbocycles. The predicted octanol–water partition coefficient (Wildman–Crippen LogP) is 3.30. The van der Waals surface area contributed by atoms with E-state index in [1.165, 1.54) is 18.5 Å². The van der Waals surface area contributed by atoms with Crippen LogP contribution >= 0.6 is 0 Å². The summed E-state index contributed by atoms with van der Waals surface area (Å²) >= 11 is 0. The summed E-state index contributed by atoms with van der Waals surface area (Å²) in [6, 6.07) is 4.45. The van der Waals surface area contributed by atoms with E-state index in [4.69, 9.17) is 0 Å². The van der Waals surface area contributed by atoms with Crippen LogP contribution in [-0.4, -0.2) is 38.6 Å². The SMILES string of the molecule is CCc1c(C)nc2ncnn2c1N1CCC(C(=O)Nc2cc(F)ccc2C)CC1. The minimum absolute atomic E-state index is 0.0501. The van der Waals surface area contributed by atoms with E-state index in [1.807, 2.05) is 13.8 Å². The number of piperidine rings is 1. The number of halogens is 1. The molecule has 1 saturated heterocycles. The lowest BCUT2D eigenvalue weighted by Gasteiger charge is -2.34. The first kappa shape index (κ1) is 19.3. The van der Waals surface area contributed by atoms with Crippen molar-refractivity contribution < 1.29 is 9.18 Å². The van der Waals surface area contributed by atoms with Crippen LogP contribution in [-0.2, 0) is 11.2 Å². The second-order valence-electron chi connectivity index (χ2n) is 7.53. The van der Waals surface area contributed by atoms with Gasteiger partial charge in [-0.2, -0.15) is 14.6 Å². The van der Waals surface area contributed by atoms with E-state index in [2.05, 4.69) is 32.2 Å². The number of aromatic nitrogens is 4. The topological polar surface area (TPSA) is 75.4 Å². The molecular weight excluding hydrogens is 371 g/mol. The zero-order valence-corrected chi connectivity index (χ0v) is 16.9. The Kier molecular flexibility index (Phi) is 5.17. The van der Waals surface area contributed by atoms with Gasteiger partial charge in [-0.05, 0) is 50.8 Å². The van der Waals surface area contributed by atoms with Crippen molar-refractivity contribution in [3.05, 3.63) is 47.2 Å². The van der Waals surface area contributed by atoms with Crippen LogP contribution in [0, 0.1) is 25.6 Å². The smallest absolute Gasteiger partial charge is 0.254 e. The van der Waals surface area contributed by atoms with Crippen LogP contribution in [0.15, 0.2) is 24.5 Å². The van der Waals surface area contributed by atoms with Crippen LogP contribution < -0.4 is 10.2 Å². The van der Waals surface area contributed by atoms with Crippen LogP contribution in [0.3, 0.4) is 0 Å². The first-order valence-corrected chi connectivity index (χ1v) is 9.99. The molecule has 1 amide bonds. The van der Waals surface area contributed by atoms with Gasteiger partial charge in [-0.1, -0.05) is 13.0 Å². The van der Waals surface area contributed by atoms with Gasteiger partial charge in [0.05, 0.1) is 0 Å². The molecule has 0 aliphatic carbocycles. The maximum Gasteiger partial charge on any atom is 0.254 e. The maximum atomic E-state index is 13.5. The fraction of sp³-hybridized carbons (Fsp3) is 0.429. The molecule has 152 valence electrons. The highest BCUT2D eigenvalue weighted by Crippen LogP contribution is 2.29. The number of nitrogens with zero attached hydrogens (tertiary/aromatic N) is 5. The van der Waals surface area contributed by atoms with Gasteiger partial charge in [-0.15, -0.1) is 0 Å². The van der Waals surface area contributed by atoms with Crippen molar-refractivity contribution in [1.29, 1.82) is 0 Å². The molecule has 0 atom stereocenters. The molecule has 1 aliphatic rings. The molecule has 0 radical (unpaired) electrons. The molecule has 1 aliphatic heterocycles. The Morgan fingerprint density at radius 2 is 2.03 bits per heavy atom. The fourth-order valence-corrected chi connectivity index (χ4v) is 4.02. The number of hydrogen-bond acceptors (Lipinski definition) is 5. The van der Waals surface area contributed by atoms with Crippen molar-refractivity contribution in [2.24, 2.45) is 5.92 Å². The molecule has 1 fully saturated rings. The Bertz CT molecular complexity index is 1050. The summed E-state index contributed by atoms with van der Waals surface area (Å²) in [6.45, 7) is 7.45. The second kappa shape index (κ2) is 7.77. The van der Waals surface area contributed by atoms with E-state index in [0.717, 1.165) is 55.0 Å². The van der Waals surface area contributed by atoms with Crippen LogP contribution in [0.25, 0.3) is 5.78 Å². The van der Waals surface area contributed by atoms with E-state index >= 15 is 0 Å². The first-order chi connectivity index (χ1) is 14.0. The lowest BCUT2D eigenvalue weighted by molar-refractivity contribution is -0.120. The lowest BCUT2D eigenvalue weighted by Crippen LogP contribution is -2.39. The van der Waals surface area contributed by atoms with Gasteiger partial charge in [-0.3, -0.25) is 4.79 Å². The lowest BCUT2D eigenvalue weighted by atomic mass is 9.95. The zero-order chi connectivity index (χ0) is 20.5. The quantitative estimate of drug-likeness (QED) is 0.732. The first-order valence-electron chi connectivity index (χ1n) is 9.99. The summed E-state index contributed by atoms with van der Waals surface area (Å²) in [6.07, 6.45) is 3.82. The average molecular weight is 396 g/mol. The molecule has 4 rings (SSSR count). The molecule has 1 aromatic carbocycles. The van der Waals surface area contributed by atoms with Crippen molar-refractivity contribution in [2.45, 2.75) is 40.0 Å². The number of carbonyl (C=O) groups excluding carboxylic acids is 1. The van der Waals surface area contributed by atoms with Crippen molar-refractivity contribution in [3.63, 3.8) is 0 Å². The number of fused-ring (bicyclic) bond motifs is 1. The molecule has 0 unspecified atom stereocenters. The summed E-state index contributed by atoms with van der Waals surface area (Å²) in [5.41, 5.74) is 3.51. The van der Waals surface area contributed by atoms with E-state index in [-0.39, 0.29) is 17.6 Å². The van der Waals surface area contributed by atoms with Gasteiger partial charge >= 0.3 is 0 Å². The Morgan fingerprint density at radius 1 is 1.28 bits per heavy atom. The molecule has 3 heterocycles. The van der Waals surface area contributed by atoms with Gasteiger partial charge in [-0.25, -0.2) is 9.37 Å². The third kappa shape index (κ3) is 3.66. The van der Waals surface area contributed by atoms with E-state index in [9.17, 15) is 9.18 Å². The number of hydrogen-bond donors (Lipinski definition) is 1. The van der Waals surface area contributed by atoms with E-state index < -0.39 is 0 Å². The normalized spacial score (nSPS) is 15.1. The Labute approximate surface area is 169 Å². The fourth-order valence-electron chi connectivity index (χ4n) is 4.02. The molecule has 0 spiro atoms. The summed E-state index contributed by atoms with van der Waals surface area (Å²) in [5.74, 6) is 1.11. The molecule has 0 bridgehead atoms. The third-order valence-electron chi connectivity index (χ3n) is 5.68. The summed E-state index contributed by atoms with van der Waals surface area (Å²) in [4.78, 5) is 23.8. The van der Waals surface area contributed by atoms with Crippen LogP contribution in [0.1, 0.15) is 36.6 Å². The van der Waals surface area contributed by atoms with Crippen molar-refractivity contribution >= 4 is 23.2 Å². The monoisotopic (exact) mass is 396 g/mol. The van der Waals surface area contributed by atoms with E-state index in [1.54, 1.807) is 10.6 Å². The number of aryl methyl sites for hydroxylation is 2. The Balaban J connectivity index is 1.50. The van der Waals surface area contributed by atoms with Crippen LogP contribution in [0.5, 0.6) is 0 Å². The largest absolute Gasteiger partial charge is 0.356 e. The summed E-state index contributed by atoms with van der Waals surface area (Å²) in [5, 5.41) is 7.26. The number of carbonyl (C=O) groups is 1. The Morgan fingerprint density at radius 3 is 2.76 bits per heavy atom. The molecule has 1 N–H and O–H groups in total. The third-order valence-corrected chi connectivity index (χ3v) is 5.68. The summed E-state index contributed by atoms with van der Waals surface area (Å²) < 4.78 is 15.3. The predicted molar refractivity (Wildman–Crippen MR) is 110 cm³/mol. The van der Waals surface area contributed by atoms with Gasteiger partial charge in [0.15, 0.2) is 0 Å². The number of anilines is 2. The van der Waals surface area contributed by atoms with Crippen molar-refractivity contribution in [3.8, 4) is 0 Å². The number of benzene rings is 1. The van der Waals surface area contributed by atoms with E-state index in [0.29, 0.717) is 11.5 Å². The number of amides is 1.